The summed E-state index contributed by atoms with van der Waals surface area (Å²) in [5, 5.41) is 0. The SMILES string of the molecule is CC.O=S(Oc1ccc(S(=O)(=O)C(Br)(Br)Br)cc1)c1ccccc1. The molecule has 2 rings (SSSR count). The Balaban J connectivity index is 0.00000139. The lowest BCUT2D eigenvalue weighted by Gasteiger charge is -2.13. The zero-order valence-corrected chi connectivity index (χ0v) is 19.2. The molecule has 1 unspecified atom stereocenters. The maximum Gasteiger partial charge on any atom is 0.240 e. The van der Waals surface area contributed by atoms with E-state index in [9.17, 15) is 12.6 Å². The highest BCUT2D eigenvalue weighted by molar-refractivity contribution is 9.42. The molecule has 0 bridgehead atoms. The maximum atomic E-state index is 12.2. The van der Waals surface area contributed by atoms with Gasteiger partial charge in [-0.3, -0.25) is 0 Å². The van der Waals surface area contributed by atoms with Crippen molar-refractivity contribution in [3.63, 3.8) is 0 Å². The van der Waals surface area contributed by atoms with Gasteiger partial charge in [0, 0.05) is 0 Å². The summed E-state index contributed by atoms with van der Waals surface area (Å²) in [5.74, 6) is 0.311. The summed E-state index contributed by atoms with van der Waals surface area (Å²) in [6, 6.07) is 14.4. The topological polar surface area (TPSA) is 60.4 Å². The van der Waals surface area contributed by atoms with Crippen LogP contribution >= 0.6 is 47.8 Å². The van der Waals surface area contributed by atoms with Crippen LogP contribution in [0.4, 0.5) is 0 Å². The van der Waals surface area contributed by atoms with Crippen LogP contribution in [0.25, 0.3) is 0 Å². The Morgan fingerprint density at radius 3 is 1.88 bits per heavy atom. The van der Waals surface area contributed by atoms with Gasteiger partial charge in [-0.15, -0.1) is 0 Å². The zero-order valence-electron chi connectivity index (χ0n) is 12.8. The highest BCUT2D eigenvalue weighted by Gasteiger charge is 2.37. The predicted octanol–water partition coefficient (Wildman–Crippen LogP) is 5.38. The van der Waals surface area contributed by atoms with Gasteiger partial charge in [0.15, 0.2) is 0 Å². The van der Waals surface area contributed by atoms with Crippen LogP contribution in [0.15, 0.2) is 64.4 Å². The first-order valence-corrected chi connectivity index (χ1v) is 11.7. The Labute approximate surface area is 170 Å². The van der Waals surface area contributed by atoms with E-state index < -0.39 is 22.4 Å². The molecule has 0 aromatic heterocycles. The van der Waals surface area contributed by atoms with E-state index in [2.05, 4.69) is 47.8 Å². The van der Waals surface area contributed by atoms with Crippen LogP contribution in [-0.4, -0.2) is 14.1 Å². The first kappa shape index (κ1) is 21.8. The molecule has 2 aromatic rings. The van der Waals surface area contributed by atoms with Crippen LogP contribution < -0.4 is 4.18 Å². The number of rotatable bonds is 4. The standard InChI is InChI=1S/C13H9Br3O4S2.C2H6/c14-13(15,16)22(18,19)12-8-6-10(7-9-12)20-21(17)11-4-2-1-3-5-11;1-2/h1-9H;1-2H3. The van der Waals surface area contributed by atoms with Crippen molar-refractivity contribution in [3.8, 4) is 5.75 Å². The second-order valence-electron chi connectivity index (χ2n) is 4.05. The minimum Gasteiger partial charge on any atom is -0.397 e. The lowest BCUT2D eigenvalue weighted by atomic mass is 10.3. The molecule has 0 N–H and O–H groups in total. The number of alkyl halides is 3. The van der Waals surface area contributed by atoms with E-state index in [1.54, 1.807) is 24.3 Å². The Hall–Kier alpha value is -0.220. The highest BCUT2D eigenvalue weighted by Crippen LogP contribution is 2.43. The maximum absolute atomic E-state index is 12.2. The minimum absolute atomic E-state index is 0.0796. The molecule has 9 heteroatoms. The summed E-state index contributed by atoms with van der Waals surface area (Å²) in [7, 11) is -3.66. The van der Waals surface area contributed by atoms with Gasteiger partial charge in [-0.2, -0.15) is 0 Å². The van der Waals surface area contributed by atoms with Gasteiger partial charge in [-0.05, 0) is 84.2 Å². The van der Waals surface area contributed by atoms with E-state index in [1.165, 1.54) is 24.3 Å². The predicted molar refractivity (Wildman–Crippen MR) is 108 cm³/mol. The van der Waals surface area contributed by atoms with Crippen molar-refractivity contribution < 1.29 is 16.8 Å². The number of hydrogen-bond donors (Lipinski definition) is 0. The molecular formula is C15H15Br3O4S2. The summed E-state index contributed by atoms with van der Waals surface area (Å²) < 4.78 is 40.2. The molecule has 0 aliphatic carbocycles. The van der Waals surface area contributed by atoms with Crippen LogP contribution in [0, 0.1) is 0 Å². The van der Waals surface area contributed by atoms with E-state index in [0.29, 0.717) is 10.6 Å². The molecule has 0 saturated heterocycles. The molecule has 0 heterocycles. The molecule has 4 nitrogen and oxygen atoms in total. The van der Waals surface area contributed by atoms with Crippen molar-refractivity contribution in [2.45, 2.75) is 25.1 Å². The molecule has 0 amide bonds. The molecule has 1 atom stereocenters. The molecule has 2 aromatic carbocycles. The molecule has 24 heavy (non-hydrogen) atoms. The van der Waals surface area contributed by atoms with E-state index in [4.69, 9.17) is 4.18 Å². The fourth-order valence-electron chi connectivity index (χ4n) is 1.48. The van der Waals surface area contributed by atoms with Crippen LogP contribution in [0.5, 0.6) is 5.75 Å². The van der Waals surface area contributed by atoms with Gasteiger partial charge in [0.2, 0.25) is 22.4 Å². The number of benzene rings is 2. The van der Waals surface area contributed by atoms with Gasteiger partial charge in [0.1, 0.15) is 5.75 Å². The van der Waals surface area contributed by atoms with Crippen molar-refractivity contribution in [2.24, 2.45) is 0 Å². The van der Waals surface area contributed by atoms with Gasteiger partial charge in [0.25, 0.3) is 0 Å². The lowest BCUT2D eigenvalue weighted by molar-refractivity contribution is 0.561. The van der Waals surface area contributed by atoms with E-state index in [0.717, 1.165) is 0 Å². The van der Waals surface area contributed by atoms with Gasteiger partial charge < -0.3 is 4.18 Å². The zero-order chi connectivity index (χ0) is 18.4. The van der Waals surface area contributed by atoms with E-state index >= 15 is 0 Å². The second-order valence-corrected chi connectivity index (χ2v) is 15.6. The number of hydrogen-bond acceptors (Lipinski definition) is 4. The molecule has 0 aliphatic heterocycles. The third kappa shape index (κ3) is 5.66. The van der Waals surface area contributed by atoms with Crippen molar-refractivity contribution in [3.05, 3.63) is 54.6 Å². The lowest BCUT2D eigenvalue weighted by Crippen LogP contribution is -2.17. The third-order valence-corrected chi connectivity index (χ3v) is 8.89. The highest BCUT2D eigenvalue weighted by atomic mass is 80.0. The second kappa shape index (κ2) is 9.47. The monoisotopic (exact) mass is 560 g/mol. The minimum atomic E-state index is -3.66. The van der Waals surface area contributed by atoms with Crippen LogP contribution in [0.2, 0.25) is 0 Å². The molecule has 0 saturated carbocycles. The third-order valence-electron chi connectivity index (χ3n) is 2.55. The molecular weight excluding hydrogens is 548 g/mol. The van der Waals surface area contributed by atoms with E-state index in [1.807, 2.05) is 19.9 Å². The number of sulfone groups is 1. The molecule has 0 spiro atoms. The summed E-state index contributed by atoms with van der Waals surface area (Å²) >= 11 is 7.32. The Kier molecular flexibility index (Phi) is 8.61. The van der Waals surface area contributed by atoms with Crippen molar-refractivity contribution in [1.82, 2.24) is 0 Å². The van der Waals surface area contributed by atoms with Crippen molar-refractivity contribution in [1.29, 1.82) is 0 Å². The van der Waals surface area contributed by atoms with Gasteiger partial charge >= 0.3 is 0 Å². The fraction of sp³-hybridized carbons (Fsp3) is 0.200. The smallest absolute Gasteiger partial charge is 0.240 e. The fourth-order valence-corrected chi connectivity index (χ4v) is 4.68. The summed E-state index contributed by atoms with van der Waals surface area (Å²) in [5.41, 5.74) is 0. The summed E-state index contributed by atoms with van der Waals surface area (Å²) in [6.45, 7) is 4.00. The van der Waals surface area contributed by atoms with Crippen LogP contribution in [0.1, 0.15) is 13.8 Å². The largest absolute Gasteiger partial charge is 0.397 e. The molecule has 0 radical (unpaired) electrons. The van der Waals surface area contributed by atoms with Gasteiger partial charge in [-0.1, -0.05) is 32.0 Å². The quantitative estimate of drug-likeness (QED) is 0.469. The molecule has 0 fully saturated rings. The number of halogens is 3. The van der Waals surface area contributed by atoms with Gasteiger partial charge in [0.05, 0.1) is 9.79 Å². The molecule has 0 aliphatic rings. The summed E-state index contributed by atoms with van der Waals surface area (Å²) in [4.78, 5) is 0.607. The Morgan fingerprint density at radius 1 is 0.917 bits per heavy atom. The molecule has 132 valence electrons. The van der Waals surface area contributed by atoms with Crippen molar-refractivity contribution in [2.75, 3.05) is 0 Å². The Morgan fingerprint density at radius 2 is 1.42 bits per heavy atom. The normalized spacial score (nSPS) is 12.7. The van der Waals surface area contributed by atoms with Gasteiger partial charge in [-0.25, -0.2) is 12.6 Å². The average Bonchev–Trinajstić information content (AvgIpc) is 2.57. The summed E-state index contributed by atoms with van der Waals surface area (Å²) in [6.07, 6.45) is 0. The Bertz CT molecular complexity index is 771. The van der Waals surface area contributed by atoms with Crippen molar-refractivity contribution >= 4 is 68.7 Å². The van der Waals surface area contributed by atoms with Crippen LogP contribution in [-0.2, 0) is 20.9 Å². The van der Waals surface area contributed by atoms with E-state index in [-0.39, 0.29) is 4.90 Å². The average molecular weight is 563 g/mol. The first-order chi connectivity index (χ1) is 11.2. The van der Waals surface area contributed by atoms with Crippen LogP contribution in [0.3, 0.4) is 0 Å². The first-order valence-electron chi connectivity index (χ1n) is 6.78.